The molecule has 5 rings (SSSR count). The second kappa shape index (κ2) is 7.04. The fourth-order valence-corrected chi connectivity index (χ4v) is 4.86. The topological polar surface area (TPSA) is 57.1 Å². The average Bonchev–Trinajstić information content (AvgIpc) is 3.31. The quantitative estimate of drug-likeness (QED) is 0.488. The highest BCUT2D eigenvalue weighted by molar-refractivity contribution is 7.20. The summed E-state index contributed by atoms with van der Waals surface area (Å²) in [6, 6.07) is 15.5. The number of rotatable bonds is 2. The SMILES string of the molecule is O=C1c2ccc(Cl)cc2N=C(N/N=C/c2cc3ccccc3s2)[C@@H]2CCCN12. The van der Waals surface area contributed by atoms with E-state index in [0.717, 1.165) is 24.3 Å². The summed E-state index contributed by atoms with van der Waals surface area (Å²) >= 11 is 7.81. The van der Waals surface area contributed by atoms with Crippen LogP contribution in [0.5, 0.6) is 0 Å². The van der Waals surface area contributed by atoms with E-state index in [0.29, 0.717) is 22.1 Å². The first kappa shape index (κ1) is 17.4. The number of fused-ring (bicyclic) bond motifs is 3. The molecule has 3 aromatic rings. The van der Waals surface area contributed by atoms with E-state index in [9.17, 15) is 4.79 Å². The number of hydrazone groups is 1. The Morgan fingerprint density at radius 2 is 2.14 bits per heavy atom. The molecule has 2 aromatic carbocycles. The Bertz CT molecular complexity index is 1100. The van der Waals surface area contributed by atoms with Gasteiger partial charge >= 0.3 is 0 Å². The van der Waals surface area contributed by atoms with Gasteiger partial charge in [0.2, 0.25) is 0 Å². The predicted molar refractivity (Wildman–Crippen MR) is 115 cm³/mol. The van der Waals surface area contributed by atoms with Crippen LogP contribution in [0.25, 0.3) is 10.1 Å². The molecule has 0 unspecified atom stereocenters. The van der Waals surface area contributed by atoms with Crippen LogP contribution in [0.4, 0.5) is 5.69 Å². The van der Waals surface area contributed by atoms with Gasteiger partial charge in [0, 0.05) is 21.1 Å². The molecular formula is C21H17ClN4OS. The number of nitrogens with zero attached hydrogens (tertiary/aromatic N) is 3. The van der Waals surface area contributed by atoms with Gasteiger partial charge < -0.3 is 4.90 Å². The molecule has 2 aliphatic heterocycles. The van der Waals surface area contributed by atoms with Crippen LogP contribution in [0.1, 0.15) is 28.1 Å². The van der Waals surface area contributed by atoms with E-state index in [4.69, 9.17) is 16.6 Å². The van der Waals surface area contributed by atoms with Crippen molar-refractivity contribution in [3.05, 3.63) is 64.0 Å². The maximum absolute atomic E-state index is 12.9. The molecule has 1 N–H and O–H groups in total. The van der Waals surface area contributed by atoms with Crippen LogP contribution >= 0.6 is 22.9 Å². The molecule has 140 valence electrons. The predicted octanol–water partition coefficient (Wildman–Crippen LogP) is 4.83. The van der Waals surface area contributed by atoms with Crippen molar-refractivity contribution in [3.63, 3.8) is 0 Å². The first-order valence-electron chi connectivity index (χ1n) is 9.16. The number of hydrogen-bond donors (Lipinski definition) is 1. The smallest absolute Gasteiger partial charge is 0.256 e. The Hall–Kier alpha value is -2.70. The van der Waals surface area contributed by atoms with Gasteiger partial charge in [0.15, 0.2) is 0 Å². The van der Waals surface area contributed by atoms with Gasteiger partial charge in [-0.25, -0.2) is 4.99 Å². The molecule has 1 aromatic heterocycles. The molecule has 1 amide bonds. The van der Waals surface area contributed by atoms with Crippen molar-refractivity contribution in [2.75, 3.05) is 6.54 Å². The Morgan fingerprint density at radius 3 is 3.04 bits per heavy atom. The average molecular weight is 409 g/mol. The third kappa shape index (κ3) is 3.08. The molecule has 0 bridgehead atoms. The van der Waals surface area contributed by atoms with Crippen LogP contribution in [0, 0.1) is 0 Å². The van der Waals surface area contributed by atoms with Gasteiger partial charge in [0.25, 0.3) is 5.91 Å². The van der Waals surface area contributed by atoms with Crippen LogP contribution < -0.4 is 5.43 Å². The van der Waals surface area contributed by atoms with E-state index in [2.05, 4.69) is 28.7 Å². The Morgan fingerprint density at radius 1 is 1.25 bits per heavy atom. The normalized spacial score (nSPS) is 18.9. The van der Waals surface area contributed by atoms with Crippen molar-refractivity contribution in [1.82, 2.24) is 10.3 Å². The van der Waals surface area contributed by atoms with Crippen molar-refractivity contribution in [2.45, 2.75) is 18.9 Å². The molecule has 5 nitrogen and oxygen atoms in total. The molecule has 1 fully saturated rings. The summed E-state index contributed by atoms with van der Waals surface area (Å²) in [5.74, 6) is 0.687. The highest BCUT2D eigenvalue weighted by Crippen LogP contribution is 2.32. The first-order chi connectivity index (χ1) is 13.7. The first-order valence-corrected chi connectivity index (χ1v) is 10.4. The summed E-state index contributed by atoms with van der Waals surface area (Å²) in [5.41, 5.74) is 4.27. The van der Waals surface area contributed by atoms with Crippen LogP contribution in [0.15, 0.2) is 58.6 Å². The number of aliphatic imine (C=N–C) groups is 1. The van der Waals surface area contributed by atoms with E-state index < -0.39 is 0 Å². The van der Waals surface area contributed by atoms with Crippen LogP contribution in [0.2, 0.25) is 5.02 Å². The number of hydrogen-bond acceptors (Lipinski definition) is 5. The van der Waals surface area contributed by atoms with Crippen molar-refractivity contribution < 1.29 is 4.79 Å². The maximum atomic E-state index is 12.9. The highest BCUT2D eigenvalue weighted by atomic mass is 35.5. The van der Waals surface area contributed by atoms with E-state index in [-0.39, 0.29) is 11.9 Å². The summed E-state index contributed by atoms with van der Waals surface area (Å²) in [4.78, 5) is 20.6. The molecule has 1 atom stereocenters. The zero-order valence-corrected chi connectivity index (χ0v) is 16.5. The number of thiophene rings is 1. The van der Waals surface area contributed by atoms with Gasteiger partial charge in [-0.15, -0.1) is 11.3 Å². The van der Waals surface area contributed by atoms with E-state index in [1.165, 1.54) is 10.1 Å². The minimum atomic E-state index is -0.0850. The Balaban J connectivity index is 1.46. The van der Waals surface area contributed by atoms with Crippen molar-refractivity contribution in [1.29, 1.82) is 0 Å². The number of amides is 1. The molecule has 0 spiro atoms. The number of carbonyl (C=O) groups is 1. The molecule has 1 saturated heterocycles. The fourth-order valence-electron chi connectivity index (χ4n) is 3.76. The van der Waals surface area contributed by atoms with Gasteiger partial charge in [-0.1, -0.05) is 29.8 Å². The largest absolute Gasteiger partial charge is 0.328 e. The van der Waals surface area contributed by atoms with Gasteiger partial charge in [-0.3, -0.25) is 10.2 Å². The lowest BCUT2D eigenvalue weighted by Gasteiger charge is -2.23. The molecule has 7 heteroatoms. The van der Waals surface area contributed by atoms with Crippen LogP contribution in [-0.2, 0) is 0 Å². The number of carbonyl (C=O) groups excluding carboxylic acids is 1. The van der Waals surface area contributed by atoms with Gasteiger partial charge in [0.1, 0.15) is 5.84 Å². The van der Waals surface area contributed by atoms with E-state index in [1.54, 1.807) is 35.8 Å². The zero-order valence-electron chi connectivity index (χ0n) is 14.9. The van der Waals surface area contributed by atoms with Crippen LogP contribution in [0.3, 0.4) is 0 Å². The monoisotopic (exact) mass is 408 g/mol. The van der Waals surface area contributed by atoms with E-state index >= 15 is 0 Å². The molecule has 28 heavy (non-hydrogen) atoms. The molecule has 0 aliphatic carbocycles. The number of benzene rings is 2. The summed E-state index contributed by atoms with van der Waals surface area (Å²) in [6.45, 7) is 0.728. The number of nitrogens with one attached hydrogen (secondary N) is 1. The van der Waals surface area contributed by atoms with Crippen LogP contribution in [-0.4, -0.2) is 35.4 Å². The lowest BCUT2D eigenvalue weighted by atomic mass is 10.1. The second-order valence-electron chi connectivity index (χ2n) is 6.87. The Labute approximate surface area is 171 Å². The molecular weight excluding hydrogens is 392 g/mol. The molecule has 0 saturated carbocycles. The minimum absolute atomic E-state index is 0.00297. The van der Waals surface area contributed by atoms with Crippen molar-refractivity contribution in [3.8, 4) is 0 Å². The number of halogens is 1. The standard InChI is InChI=1S/C21H17ClN4OS/c22-14-7-8-16-17(11-14)24-20(18-5-3-9-26(18)21(16)27)25-23-12-15-10-13-4-1-2-6-19(13)28-15/h1-2,4,6-8,10-12,18H,3,5,9H2,(H,24,25)/b23-12+/t18-/m0/s1. The molecule has 2 aliphatic rings. The van der Waals surface area contributed by atoms with Gasteiger partial charge in [0.05, 0.1) is 23.5 Å². The molecule has 3 heterocycles. The fraction of sp³-hybridized carbons (Fsp3) is 0.190. The van der Waals surface area contributed by atoms with Gasteiger partial charge in [-0.2, -0.15) is 5.10 Å². The third-order valence-electron chi connectivity index (χ3n) is 5.08. The van der Waals surface area contributed by atoms with Crippen molar-refractivity contribution >= 4 is 56.7 Å². The van der Waals surface area contributed by atoms with Gasteiger partial charge in [-0.05, 0) is 48.6 Å². The lowest BCUT2D eigenvalue weighted by molar-refractivity contribution is 0.0771. The minimum Gasteiger partial charge on any atom is -0.328 e. The number of amidine groups is 1. The van der Waals surface area contributed by atoms with E-state index in [1.807, 2.05) is 17.0 Å². The summed E-state index contributed by atoms with van der Waals surface area (Å²) < 4.78 is 1.23. The third-order valence-corrected chi connectivity index (χ3v) is 6.36. The maximum Gasteiger partial charge on any atom is 0.256 e. The summed E-state index contributed by atoms with van der Waals surface area (Å²) in [7, 11) is 0. The highest BCUT2D eigenvalue weighted by Gasteiger charge is 2.36. The summed E-state index contributed by atoms with van der Waals surface area (Å²) in [5, 5.41) is 6.18. The lowest BCUT2D eigenvalue weighted by Crippen LogP contribution is -2.43. The molecule has 0 radical (unpaired) electrons. The zero-order chi connectivity index (χ0) is 19.1. The van der Waals surface area contributed by atoms with Crippen molar-refractivity contribution in [2.24, 2.45) is 10.1 Å². The Kier molecular flexibility index (Phi) is 4.37. The summed E-state index contributed by atoms with van der Waals surface area (Å²) in [6.07, 6.45) is 3.63. The second-order valence-corrected chi connectivity index (χ2v) is 8.42.